The minimum atomic E-state index is 0.246. The summed E-state index contributed by atoms with van der Waals surface area (Å²) in [7, 11) is 0. The third kappa shape index (κ3) is 2.63. The van der Waals surface area contributed by atoms with Crippen LogP contribution in [0.3, 0.4) is 0 Å². The van der Waals surface area contributed by atoms with E-state index in [1.54, 1.807) is 18.5 Å². The van der Waals surface area contributed by atoms with Gasteiger partial charge in [0.15, 0.2) is 5.65 Å². The van der Waals surface area contributed by atoms with Gasteiger partial charge in [-0.25, -0.2) is 4.98 Å². The molecular formula is C18H20N4O. The van der Waals surface area contributed by atoms with Crippen molar-refractivity contribution in [3.8, 4) is 17.0 Å². The van der Waals surface area contributed by atoms with E-state index in [2.05, 4.69) is 15.3 Å². The number of rotatable bonds is 3. The number of anilines is 1. The first-order valence-corrected chi connectivity index (χ1v) is 8.20. The number of fused-ring (bicyclic) bond motifs is 1. The summed E-state index contributed by atoms with van der Waals surface area (Å²) in [5.41, 5.74) is 2.31. The van der Waals surface area contributed by atoms with Crippen molar-refractivity contribution in [1.82, 2.24) is 14.4 Å². The van der Waals surface area contributed by atoms with Crippen LogP contribution in [0, 0.1) is 0 Å². The maximum absolute atomic E-state index is 10.2. The largest absolute Gasteiger partial charge is 0.507 e. The molecule has 5 nitrogen and oxygen atoms in total. The van der Waals surface area contributed by atoms with Gasteiger partial charge in [-0.05, 0) is 25.0 Å². The number of phenolic OH excluding ortho intramolecular Hbond substituents is 1. The van der Waals surface area contributed by atoms with Crippen LogP contribution in [0.1, 0.15) is 32.1 Å². The monoisotopic (exact) mass is 308 g/mol. The molecule has 0 amide bonds. The van der Waals surface area contributed by atoms with E-state index in [0.717, 1.165) is 22.7 Å². The third-order valence-corrected chi connectivity index (χ3v) is 4.54. The predicted octanol–water partition coefficient (Wildman–Crippen LogP) is 3.85. The van der Waals surface area contributed by atoms with Gasteiger partial charge in [0.2, 0.25) is 0 Å². The van der Waals surface area contributed by atoms with Crippen LogP contribution < -0.4 is 5.32 Å². The molecule has 1 aliphatic rings. The highest BCUT2D eigenvalue weighted by Crippen LogP contribution is 2.35. The Morgan fingerprint density at radius 2 is 1.96 bits per heavy atom. The van der Waals surface area contributed by atoms with Gasteiger partial charge in [-0.1, -0.05) is 31.4 Å². The molecule has 1 aromatic carbocycles. The summed E-state index contributed by atoms with van der Waals surface area (Å²) in [6, 6.07) is 7.80. The minimum absolute atomic E-state index is 0.246. The number of para-hydroxylation sites is 1. The van der Waals surface area contributed by atoms with E-state index < -0.39 is 0 Å². The molecule has 0 aliphatic heterocycles. The third-order valence-electron chi connectivity index (χ3n) is 4.54. The Morgan fingerprint density at radius 3 is 2.78 bits per heavy atom. The highest BCUT2D eigenvalue weighted by atomic mass is 16.3. The molecule has 2 aromatic heterocycles. The lowest BCUT2D eigenvalue weighted by Gasteiger charge is -2.24. The van der Waals surface area contributed by atoms with Crippen molar-refractivity contribution in [2.75, 3.05) is 5.32 Å². The van der Waals surface area contributed by atoms with Crippen LogP contribution in [-0.4, -0.2) is 25.5 Å². The highest BCUT2D eigenvalue weighted by Gasteiger charge is 2.20. The lowest BCUT2D eigenvalue weighted by molar-refractivity contribution is 0.461. The van der Waals surface area contributed by atoms with Gasteiger partial charge >= 0.3 is 0 Å². The smallest absolute Gasteiger partial charge is 0.157 e. The Hall–Kier alpha value is -2.56. The molecule has 0 unspecified atom stereocenters. The fourth-order valence-corrected chi connectivity index (χ4v) is 3.35. The standard InChI is InChI=1S/C18H20N4O/c23-15-9-5-4-8-14(15)17-18(20-13-6-2-1-3-7-13)22-11-10-19-12-16(22)21-17/h4-5,8-13,20,23H,1-3,6-7H2. The number of aromatic hydroxyl groups is 1. The molecule has 1 saturated carbocycles. The van der Waals surface area contributed by atoms with Crippen molar-refractivity contribution in [1.29, 1.82) is 0 Å². The fraction of sp³-hybridized carbons (Fsp3) is 0.333. The van der Waals surface area contributed by atoms with Crippen LogP contribution in [0.5, 0.6) is 5.75 Å². The summed E-state index contributed by atoms with van der Waals surface area (Å²) in [6.07, 6.45) is 11.6. The summed E-state index contributed by atoms with van der Waals surface area (Å²) in [4.78, 5) is 8.84. The average Bonchev–Trinajstić information content (AvgIpc) is 2.95. The van der Waals surface area contributed by atoms with Gasteiger partial charge in [0, 0.05) is 24.0 Å². The first-order valence-electron chi connectivity index (χ1n) is 8.20. The Kier molecular flexibility index (Phi) is 3.61. The quantitative estimate of drug-likeness (QED) is 0.771. The zero-order chi connectivity index (χ0) is 15.6. The molecule has 0 saturated heterocycles. The van der Waals surface area contributed by atoms with Crippen LogP contribution in [0.4, 0.5) is 5.82 Å². The van der Waals surface area contributed by atoms with Gasteiger partial charge in [-0.15, -0.1) is 0 Å². The zero-order valence-corrected chi connectivity index (χ0v) is 12.9. The molecule has 118 valence electrons. The molecule has 2 N–H and O–H groups in total. The maximum atomic E-state index is 10.2. The summed E-state index contributed by atoms with van der Waals surface area (Å²) in [5, 5.41) is 13.9. The van der Waals surface area contributed by atoms with Crippen molar-refractivity contribution in [3.05, 3.63) is 42.9 Å². The van der Waals surface area contributed by atoms with Gasteiger partial charge < -0.3 is 10.4 Å². The lowest BCUT2D eigenvalue weighted by atomic mass is 9.95. The zero-order valence-electron chi connectivity index (χ0n) is 12.9. The number of phenols is 1. The SMILES string of the molecule is Oc1ccccc1-c1nc2cnccn2c1NC1CCCCC1. The van der Waals surface area contributed by atoms with Gasteiger partial charge in [0.25, 0.3) is 0 Å². The Balaban J connectivity index is 1.83. The van der Waals surface area contributed by atoms with Crippen molar-refractivity contribution in [3.63, 3.8) is 0 Å². The van der Waals surface area contributed by atoms with Crippen LogP contribution in [-0.2, 0) is 0 Å². The second kappa shape index (κ2) is 5.91. The van der Waals surface area contributed by atoms with Crippen molar-refractivity contribution in [2.24, 2.45) is 0 Å². The second-order valence-corrected chi connectivity index (χ2v) is 6.11. The van der Waals surface area contributed by atoms with E-state index in [-0.39, 0.29) is 5.75 Å². The molecule has 0 spiro atoms. The van der Waals surface area contributed by atoms with Gasteiger partial charge in [0.1, 0.15) is 17.3 Å². The molecule has 0 atom stereocenters. The van der Waals surface area contributed by atoms with Crippen LogP contribution in [0.15, 0.2) is 42.9 Å². The van der Waals surface area contributed by atoms with Gasteiger partial charge in [-0.2, -0.15) is 0 Å². The number of hydrogen-bond acceptors (Lipinski definition) is 4. The molecule has 0 radical (unpaired) electrons. The van der Waals surface area contributed by atoms with Crippen LogP contribution >= 0.6 is 0 Å². The molecule has 23 heavy (non-hydrogen) atoms. The average molecular weight is 308 g/mol. The number of aromatic nitrogens is 3. The van der Waals surface area contributed by atoms with Gasteiger partial charge in [-0.3, -0.25) is 9.38 Å². The van der Waals surface area contributed by atoms with Crippen molar-refractivity contribution < 1.29 is 5.11 Å². The van der Waals surface area contributed by atoms with E-state index in [1.807, 2.05) is 28.8 Å². The number of imidazole rings is 1. The molecule has 5 heteroatoms. The number of hydrogen-bond donors (Lipinski definition) is 2. The Morgan fingerprint density at radius 1 is 1.13 bits per heavy atom. The van der Waals surface area contributed by atoms with E-state index in [1.165, 1.54) is 32.1 Å². The van der Waals surface area contributed by atoms with Crippen molar-refractivity contribution in [2.45, 2.75) is 38.1 Å². The van der Waals surface area contributed by atoms with Gasteiger partial charge in [0.05, 0.1) is 6.20 Å². The summed E-state index contributed by atoms with van der Waals surface area (Å²) < 4.78 is 2.02. The van der Waals surface area contributed by atoms with Crippen LogP contribution in [0.25, 0.3) is 16.9 Å². The first kappa shape index (κ1) is 14.1. The Bertz CT molecular complexity index is 821. The number of benzene rings is 1. The number of nitrogens with zero attached hydrogens (tertiary/aromatic N) is 3. The summed E-state index contributed by atoms with van der Waals surface area (Å²) >= 11 is 0. The maximum Gasteiger partial charge on any atom is 0.157 e. The topological polar surface area (TPSA) is 62.5 Å². The fourth-order valence-electron chi connectivity index (χ4n) is 3.35. The molecule has 4 rings (SSSR count). The van der Waals surface area contributed by atoms with Crippen molar-refractivity contribution >= 4 is 11.5 Å². The second-order valence-electron chi connectivity index (χ2n) is 6.11. The van der Waals surface area contributed by atoms with E-state index in [0.29, 0.717) is 6.04 Å². The molecule has 2 heterocycles. The van der Waals surface area contributed by atoms with Crippen LogP contribution in [0.2, 0.25) is 0 Å². The highest BCUT2D eigenvalue weighted by molar-refractivity contribution is 5.80. The molecule has 1 fully saturated rings. The summed E-state index contributed by atoms with van der Waals surface area (Å²) in [5.74, 6) is 1.19. The van der Waals surface area contributed by atoms with E-state index in [9.17, 15) is 5.11 Å². The molecule has 1 aliphatic carbocycles. The molecular weight excluding hydrogens is 288 g/mol. The summed E-state index contributed by atoms with van der Waals surface area (Å²) in [6.45, 7) is 0. The minimum Gasteiger partial charge on any atom is -0.507 e. The molecule has 3 aromatic rings. The number of nitrogens with one attached hydrogen (secondary N) is 1. The van der Waals surface area contributed by atoms with E-state index in [4.69, 9.17) is 0 Å². The van der Waals surface area contributed by atoms with E-state index >= 15 is 0 Å². The lowest BCUT2D eigenvalue weighted by Crippen LogP contribution is -2.23. The normalized spacial score (nSPS) is 15.8. The Labute approximate surface area is 135 Å². The first-order chi connectivity index (χ1) is 11.3. The predicted molar refractivity (Wildman–Crippen MR) is 90.6 cm³/mol. The molecule has 0 bridgehead atoms.